The van der Waals surface area contributed by atoms with E-state index in [2.05, 4.69) is 20.9 Å². The van der Waals surface area contributed by atoms with Gasteiger partial charge in [0.15, 0.2) is 0 Å². The van der Waals surface area contributed by atoms with Crippen LogP contribution in [0.5, 0.6) is 0 Å². The Labute approximate surface area is 179 Å². The summed E-state index contributed by atoms with van der Waals surface area (Å²) < 4.78 is 44.0. The number of anilines is 1. The highest BCUT2D eigenvalue weighted by atomic mass is 19.4. The van der Waals surface area contributed by atoms with Crippen LogP contribution in [0.2, 0.25) is 0 Å². The van der Waals surface area contributed by atoms with E-state index in [1.54, 1.807) is 20.8 Å². The molecule has 1 aromatic rings. The van der Waals surface area contributed by atoms with Crippen LogP contribution in [-0.2, 0) is 15.7 Å². The van der Waals surface area contributed by atoms with E-state index in [9.17, 15) is 22.8 Å². The number of pyridine rings is 1. The predicted molar refractivity (Wildman–Crippen MR) is 110 cm³/mol. The fourth-order valence-electron chi connectivity index (χ4n) is 3.13. The monoisotopic (exact) mass is 445 g/mol. The molecule has 11 heteroatoms. The van der Waals surface area contributed by atoms with Crippen molar-refractivity contribution >= 4 is 17.8 Å². The van der Waals surface area contributed by atoms with Gasteiger partial charge in [0, 0.05) is 38.4 Å². The van der Waals surface area contributed by atoms with Crippen molar-refractivity contribution in [1.82, 2.24) is 20.5 Å². The topological polar surface area (TPSA) is 95.6 Å². The number of halogens is 3. The highest BCUT2D eigenvalue weighted by Gasteiger charge is 2.34. The molecule has 1 aliphatic rings. The van der Waals surface area contributed by atoms with E-state index in [0.29, 0.717) is 25.9 Å². The summed E-state index contributed by atoms with van der Waals surface area (Å²) in [6.45, 7) is 7.18. The maximum atomic E-state index is 12.9. The van der Waals surface area contributed by atoms with Crippen molar-refractivity contribution in [3.63, 3.8) is 0 Å². The average Bonchev–Trinajstić information content (AvgIpc) is 2.65. The summed E-state index contributed by atoms with van der Waals surface area (Å²) in [5.74, 6) is -0.471. The first-order valence-corrected chi connectivity index (χ1v) is 10.2. The Hall–Kier alpha value is -2.56. The zero-order valence-corrected chi connectivity index (χ0v) is 18.0. The maximum absolute atomic E-state index is 12.9. The minimum absolute atomic E-state index is 0.000405. The third kappa shape index (κ3) is 8.99. The minimum Gasteiger partial charge on any atom is -0.444 e. The Balaban J connectivity index is 1.65. The summed E-state index contributed by atoms with van der Waals surface area (Å²) in [6.07, 6.45) is -2.26. The summed E-state index contributed by atoms with van der Waals surface area (Å²) >= 11 is 0. The Morgan fingerprint density at radius 3 is 2.48 bits per heavy atom. The van der Waals surface area contributed by atoms with Crippen molar-refractivity contribution in [2.75, 3.05) is 38.0 Å². The number of nitrogens with zero attached hydrogens (tertiary/aromatic N) is 2. The molecular formula is C20H30F3N5O3. The molecule has 2 rings (SSSR count). The Bertz CT molecular complexity index is 744. The number of nitrogens with one attached hydrogen (secondary N) is 3. The third-order valence-corrected chi connectivity index (χ3v) is 4.53. The molecule has 0 aliphatic carbocycles. The summed E-state index contributed by atoms with van der Waals surface area (Å²) in [5.41, 5.74) is -1.40. The minimum atomic E-state index is -4.50. The fraction of sp³-hybridized carbons (Fsp3) is 0.650. The van der Waals surface area contributed by atoms with Crippen molar-refractivity contribution in [1.29, 1.82) is 0 Å². The number of amides is 2. The number of ether oxygens (including phenoxy) is 1. The van der Waals surface area contributed by atoms with Gasteiger partial charge in [0.2, 0.25) is 5.91 Å². The van der Waals surface area contributed by atoms with Gasteiger partial charge in [-0.3, -0.25) is 9.69 Å². The van der Waals surface area contributed by atoms with Gasteiger partial charge in [0.1, 0.15) is 11.4 Å². The molecule has 0 aromatic carbocycles. The molecule has 8 nitrogen and oxygen atoms in total. The summed E-state index contributed by atoms with van der Waals surface area (Å²) in [4.78, 5) is 29.6. The molecule has 174 valence electrons. The second-order valence-electron chi connectivity index (χ2n) is 8.37. The standard InChI is InChI=1S/C20H30F3N5O3/c1-19(2,3)31-18(30)27-14-6-11-28(12-7-14)13-16(29)24-9-10-26-17-15(20(21,22)23)5-4-8-25-17/h4-5,8,14H,6-7,9-13H2,1-3H3,(H,24,29)(H,25,26)(H,27,30). The van der Waals surface area contributed by atoms with Crippen LogP contribution in [0.1, 0.15) is 39.2 Å². The normalized spacial score (nSPS) is 15.9. The number of piperidine rings is 1. The summed E-state index contributed by atoms with van der Waals surface area (Å²) in [6, 6.07) is 2.18. The molecule has 0 radical (unpaired) electrons. The Kier molecular flexibility index (Phi) is 8.49. The maximum Gasteiger partial charge on any atom is 0.419 e. The lowest BCUT2D eigenvalue weighted by Crippen LogP contribution is -2.48. The van der Waals surface area contributed by atoms with Crippen LogP contribution in [0, 0.1) is 0 Å². The van der Waals surface area contributed by atoms with E-state index in [1.807, 2.05) is 4.90 Å². The number of aromatic nitrogens is 1. The van der Waals surface area contributed by atoms with Crippen LogP contribution in [0.4, 0.5) is 23.8 Å². The average molecular weight is 445 g/mol. The van der Waals surface area contributed by atoms with Crippen LogP contribution in [-0.4, -0.2) is 66.3 Å². The molecule has 0 unspecified atom stereocenters. The predicted octanol–water partition coefficient (Wildman–Crippen LogP) is 2.62. The van der Waals surface area contributed by atoms with E-state index >= 15 is 0 Å². The Morgan fingerprint density at radius 1 is 1.19 bits per heavy atom. The first-order valence-electron chi connectivity index (χ1n) is 10.2. The molecule has 1 saturated heterocycles. The van der Waals surface area contributed by atoms with Crippen molar-refractivity contribution < 1.29 is 27.5 Å². The first-order chi connectivity index (χ1) is 14.4. The van der Waals surface area contributed by atoms with Crippen molar-refractivity contribution in [2.45, 2.75) is 51.4 Å². The van der Waals surface area contributed by atoms with Crippen LogP contribution in [0.15, 0.2) is 18.3 Å². The van der Waals surface area contributed by atoms with Gasteiger partial charge in [-0.2, -0.15) is 13.2 Å². The molecule has 0 atom stereocenters. The first kappa shape index (κ1) is 24.7. The number of hydrogen-bond donors (Lipinski definition) is 3. The van der Waals surface area contributed by atoms with Crippen LogP contribution in [0.3, 0.4) is 0 Å². The lowest BCUT2D eigenvalue weighted by Gasteiger charge is -2.32. The van der Waals surface area contributed by atoms with E-state index in [0.717, 1.165) is 6.07 Å². The molecule has 0 saturated carbocycles. The number of hydrogen-bond acceptors (Lipinski definition) is 6. The lowest BCUT2D eigenvalue weighted by atomic mass is 10.1. The molecule has 2 amide bonds. The van der Waals surface area contributed by atoms with Crippen LogP contribution < -0.4 is 16.0 Å². The largest absolute Gasteiger partial charge is 0.444 e. The molecule has 0 spiro atoms. The van der Waals surface area contributed by atoms with Crippen molar-refractivity contribution in [3.8, 4) is 0 Å². The van der Waals surface area contributed by atoms with Crippen molar-refractivity contribution in [2.24, 2.45) is 0 Å². The zero-order chi connectivity index (χ0) is 23.1. The number of alkyl carbamates (subject to hydrolysis) is 1. The summed E-state index contributed by atoms with van der Waals surface area (Å²) in [5, 5.41) is 8.13. The highest BCUT2D eigenvalue weighted by Crippen LogP contribution is 2.33. The molecule has 1 fully saturated rings. The third-order valence-electron chi connectivity index (χ3n) is 4.53. The second-order valence-corrected chi connectivity index (χ2v) is 8.37. The van der Waals surface area contributed by atoms with Gasteiger partial charge < -0.3 is 20.7 Å². The fourth-order valence-corrected chi connectivity index (χ4v) is 3.13. The number of likely N-dealkylation sites (tertiary alicyclic amines) is 1. The number of alkyl halides is 3. The summed E-state index contributed by atoms with van der Waals surface area (Å²) in [7, 11) is 0. The van der Waals surface area contributed by atoms with Gasteiger partial charge in [-0.1, -0.05) is 0 Å². The van der Waals surface area contributed by atoms with E-state index < -0.39 is 23.4 Å². The quantitative estimate of drug-likeness (QED) is 0.559. The number of carbonyl (C=O) groups is 2. The van der Waals surface area contributed by atoms with Gasteiger partial charge in [0.05, 0.1) is 12.1 Å². The Morgan fingerprint density at radius 2 is 1.87 bits per heavy atom. The molecule has 31 heavy (non-hydrogen) atoms. The van der Waals surface area contributed by atoms with Gasteiger partial charge in [-0.05, 0) is 45.7 Å². The van der Waals surface area contributed by atoms with Gasteiger partial charge in [-0.15, -0.1) is 0 Å². The zero-order valence-electron chi connectivity index (χ0n) is 18.0. The number of rotatable bonds is 7. The van der Waals surface area contributed by atoms with Crippen molar-refractivity contribution in [3.05, 3.63) is 23.9 Å². The van der Waals surface area contributed by atoms with Crippen LogP contribution >= 0.6 is 0 Å². The van der Waals surface area contributed by atoms with Gasteiger partial charge in [-0.25, -0.2) is 9.78 Å². The second kappa shape index (κ2) is 10.7. The van der Waals surface area contributed by atoms with Gasteiger partial charge in [0.25, 0.3) is 0 Å². The molecule has 2 heterocycles. The molecule has 1 aromatic heterocycles. The van der Waals surface area contributed by atoms with E-state index in [1.165, 1.54) is 12.3 Å². The molecule has 0 bridgehead atoms. The molecule has 1 aliphatic heterocycles. The molecule has 3 N–H and O–H groups in total. The molecular weight excluding hydrogens is 415 g/mol. The van der Waals surface area contributed by atoms with Crippen LogP contribution in [0.25, 0.3) is 0 Å². The smallest absolute Gasteiger partial charge is 0.419 e. The SMILES string of the molecule is CC(C)(C)OC(=O)NC1CCN(CC(=O)NCCNc2ncccc2C(F)(F)F)CC1. The van der Waals surface area contributed by atoms with Gasteiger partial charge >= 0.3 is 12.3 Å². The lowest BCUT2D eigenvalue weighted by molar-refractivity contribution is -0.137. The van der Waals surface area contributed by atoms with E-state index in [4.69, 9.17) is 4.74 Å². The highest BCUT2D eigenvalue weighted by molar-refractivity contribution is 5.78. The number of carbonyl (C=O) groups excluding carboxylic acids is 2. The van der Waals surface area contributed by atoms with E-state index in [-0.39, 0.29) is 37.4 Å².